The molecule has 2 nitrogen and oxygen atoms in total. The van der Waals surface area contributed by atoms with Crippen molar-refractivity contribution < 1.29 is 8.78 Å². The SMILES string of the molecule is N#Cc1ccc(-n2cccc2Cc2c(F)cccc2F)cc1Br. The predicted molar refractivity (Wildman–Crippen MR) is 87.3 cm³/mol. The minimum Gasteiger partial charge on any atom is -0.321 e. The van der Waals surface area contributed by atoms with Gasteiger partial charge >= 0.3 is 0 Å². The van der Waals surface area contributed by atoms with Crippen LogP contribution in [0.4, 0.5) is 8.78 Å². The minimum absolute atomic E-state index is 0.0418. The Morgan fingerprint density at radius 2 is 1.78 bits per heavy atom. The van der Waals surface area contributed by atoms with E-state index in [-0.39, 0.29) is 12.0 Å². The van der Waals surface area contributed by atoms with Crippen molar-refractivity contribution in [2.45, 2.75) is 6.42 Å². The molecule has 3 aromatic rings. The molecule has 0 N–H and O–H groups in total. The average Bonchev–Trinajstić information content (AvgIpc) is 2.99. The maximum atomic E-state index is 13.8. The summed E-state index contributed by atoms with van der Waals surface area (Å²) in [7, 11) is 0. The molecule has 0 saturated carbocycles. The zero-order valence-corrected chi connectivity index (χ0v) is 13.5. The number of halogens is 3. The second kappa shape index (κ2) is 6.35. The summed E-state index contributed by atoms with van der Waals surface area (Å²) in [5.41, 5.74) is 2.14. The number of rotatable bonds is 3. The summed E-state index contributed by atoms with van der Waals surface area (Å²) in [5.74, 6) is -1.11. The van der Waals surface area contributed by atoms with Gasteiger partial charge < -0.3 is 4.57 Å². The van der Waals surface area contributed by atoms with E-state index in [1.807, 2.05) is 22.9 Å². The van der Waals surface area contributed by atoms with Crippen LogP contribution in [0.3, 0.4) is 0 Å². The Bertz CT molecular complexity index is 889. The maximum Gasteiger partial charge on any atom is 0.129 e. The van der Waals surface area contributed by atoms with Gasteiger partial charge in [-0.25, -0.2) is 8.78 Å². The Morgan fingerprint density at radius 1 is 1.04 bits per heavy atom. The summed E-state index contributed by atoms with van der Waals surface area (Å²) < 4.78 is 30.2. The van der Waals surface area contributed by atoms with E-state index in [1.54, 1.807) is 18.2 Å². The summed E-state index contributed by atoms with van der Waals surface area (Å²) in [6, 6.07) is 14.9. The molecule has 1 aromatic heterocycles. The van der Waals surface area contributed by atoms with Crippen LogP contribution in [0.1, 0.15) is 16.8 Å². The highest BCUT2D eigenvalue weighted by Gasteiger charge is 2.12. The molecule has 3 rings (SSSR count). The fraction of sp³-hybridized carbons (Fsp3) is 0.0556. The molecule has 0 aliphatic heterocycles. The quantitative estimate of drug-likeness (QED) is 0.637. The molecule has 0 saturated heterocycles. The van der Waals surface area contributed by atoms with Gasteiger partial charge in [0.2, 0.25) is 0 Å². The molecule has 23 heavy (non-hydrogen) atoms. The van der Waals surface area contributed by atoms with Crippen molar-refractivity contribution in [1.82, 2.24) is 4.57 Å². The molecular formula is C18H11BrF2N2. The van der Waals surface area contributed by atoms with E-state index in [1.165, 1.54) is 18.2 Å². The highest BCUT2D eigenvalue weighted by molar-refractivity contribution is 9.10. The molecule has 0 amide bonds. The number of hydrogen-bond acceptors (Lipinski definition) is 1. The zero-order valence-electron chi connectivity index (χ0n) is 11.9. The highest BCUT2D eigenvalue weighted by Crippen LogP contribution is 2.24. The van der Waals surface area contributed by atoms with Gasteiger partial charge in [-0.05, 0) is 58.4 Å². The standard InChI is InChI=1S/C18H11BrF2N2/c19-16-10-14(7-6-12(16)11-22)23-8-2-3-13(23)9-15-17(20)4-1-5-18(15)21/h1-8,10H,9H2. The second-order valence-electron chi connectivity index (χ2n) is 5.02. The Hall–Kier alpha value is -2.45. The fourth-order valence-electron chi connectivity index (χ4n) is 2.44. The molecule has 0 aliphatic carbocycles. The van der Waals surface area contributed by atoms with Crippen molar-refractivity contribution in [1.29, 1.82) is 5.26 Å². The molecule has 0 unspecified atom stereocenters. The van der Waals surface area contributed by atoms with Gasteiger partial charge in [0.15, 0.2) is 0 Å². The van der Waals surface area contributed by atoms with Crippen LogP contribution in [0.15, 0.2) is 59.2 Å². The van der Waals surface area contributed by atoms with Gasteiger partial charge in [0.05, 0.1) is 5.56 Å². The van der Waals surface area contributed by atoms with Gasteiger partial charge in [-0.1, -0.05) is 6.07 Å². The van der Waals surface area contributed by atoms with Crippen molar-refractivity contribution in [2.24, 2.45) is 0 Å². The minimum atomic E-state index is -0.557. The van der Waals surface area contributed by atoms with Crippen LogP contribution in [0, 0.1) is 23.0 Å². The highest BCUT2D eigenvalue weighted by atomic mass is 79.9. The van der Waals surface area contributed by atoms with Crippen molar-refractivity contribution in [3.63, 3.8) is 0 Å². The lowest BCUT2D eigenvalue weighted by Gasteiger charge is -2.11. The average molecular weight is 373 g/mol. The first-order chi connectivity index (χ1) is 11.1. The van der Waals surface area contributed by atoms with Crippen molar-refractivity contribution in [3.05, 3.63) is 87.7 Å². The van der Waals surface area contributed by atoms with Gasteiger partial charge in [-0.3, -0.25) is 0 Å². The van der Waals surface area contributed by atoms with Gasteiger partial charge in [-0.15, -0.1) is 0 Å². The molecule has 0 aliphatic rings. The summed E-state index contributed by atoms with van der Waals surface area (Å²) in [5, 5.41) is 8.98. The van der Waals surface area contributed by atoms with Crippen LogP contribution in [0.2, 0.25) is 0 Å². The van der Waals surface area contributed by atoms with Crippen molar-refractivity contribution >= 4 is 15.9 Å². The van der Waals surface area contributed by atoms with Crippen LogP contribution in [0.25, 0.3) is 5.69 Å². The Balaban J connectivity index is 2.01. The molecule has 0 spiro atoms. The number of nitriles is 1. The van der Waals surface area contributed by atoms with Crippen LogP contribution in [-0.4, -0.2) is 4.57 Å². The Labute approximate surface area is 140 Å². The molecule has 0 fully saturated rings. The largest absolute Gasteiger partial charge is 0.321 e. The van der Waals surface area contributed by atoms with Gasteiger partial charge in [0.1, 0.15) is 17.7 Å². The lowest BCUT2D eigenvalue weighted by Crippen LogP contribution is -2.03. The van der Waals surface area contributed by atoms with Crippen LogP contribution >= 0.6 is 15.9 Å². The number of aromatic nitrogens is 1. The summed E-state index contributed by atoms with van der Waals surface area (Å²) in [6.07, 6.45) is 1.96. The molecule has 5 heteroatoms. The molecule has 0 radical (unpaired) electrons. The normalized spacial score (nSPS) is 10.5. The molecular weight excluding hydrogens is 362 g/mol. The molecule has 1 heterocycles. The molecule has 0 atom stereocenters. The van der Waals surface area contributed by atoms with E-state index in [2.05, 4.69) is 22.0 Å². The number of nitrogens with zero attached hydrogens (tertiary/aromatic N) is 2. The van der Waals surface area contributed by atoms with E-state index >= 15 is 0 Å². The lowest BCUT2D eigenvalue weighted by molar-refractivity contribution is 0.560. The fourth-order valence-corrected chi connectivity index (χ4v) is 2.89. The third-order valence-corrected chi connectivity index (χ3v) is 4.26. The zero-order chi connectivity index (χ0) is 16.4. The number of hydrogen-bond donors (Lipinski definition) is 0. The van der Waals surface area contributed by atoms with Crippen molar-refractivity contribution in [2.75, 3.05) is 0 Å². The van der Waals surface area contributed by atoms with Crippen LogP contribution in [-0.2, 0) is 6.42 Å². The predicted octanol–water partition coefficient (Wildman–Crippen LogP) is 4.98. The van der Waals surface area contributed by atoms with E-state index in [4.69, 9.17) is 5.26 Å². The third-order valence-electron chi connectivity index (χ3n) is 3.60. The molecule has 2 aromatic carbocycles. The maximum absolute atomic E-state index is 13.8. The molecule has 0 bridgehead atoms. The van der Waals surface area contributed by atoms with E-state index in [0.717, 1.165) is 11.4 Å². The monoisotopic (exact) mass is 372 g/mol. The van der Waals surface area contributed by atoms with E-state index < -0.39 is 11.6 Å². The number of benzene rings is 2. The third kappa shape index (κ3) is 3.03. The molecule has 114 valence electrons. The summed E-state index contributed by atoms with van der Waals surface area (Å²) in [4.78, 5) is 0. The second-order valence-corrected chi connectivity index (χ2v) is 5.88. The lowest BCUT2D eigenvalue weighted by atomic mass is 10.1. The van der Waals surface area contributed by atoms with Gasteiger partial charge in [0, 0.05) is 34.0 Å². The van der Waals surface area contributed by atoms with Gasteiger partial charge in [0.25, 0.3) is 0 Å². The van der Waals surface area contributed by atoms with Gasteiger partial charge in [-0.2, -0.15) is 5.26 Å². The smallest absolute Gasteiger partial charge is 0.129 e. The van der Waals surface area contributed by atoms with Crippen LogP contribution < -0.4 is 0 Å². The Kier molecular flexibility index (Phi) is 4.26. The van der Waals surface area contributed by atoms with E-state index in [0.29, 0.717) is 10.0 Å². The topological polar surface area (TPSA) is 28.7 Å². The first kappa shape index (κ1) is 15.4. The first-order valence-electron chi connectivity index (χ1n) is 6.89. The summed E-state index contributed by atoms with van der Waals surface area (Å²) >= 11 is 3.35. The Morgan fingerprint density at radius 3 is 2.43 bits per heavy atom. The van der Waals surface area contributed by atoms with Crippen molar-refractivity contribution in [3.8, 4) is 11.8 Å². The van der Waals surface area contributed by atoms with E-state index in [9.17, 15) is 8.78 Å². The first-order valence-corrected chi connectivity index (χ1v) is 7.68. The van der Waals surface area contributed by atoms with Crippen LogP contribution in [0.5, 0.6) is 0 Å². The summed E-state index contributed by atoms with van der Waals surface area (Å²) in [6.45, 7) is 0.